The molecule has 0 aromatic heterocycles. The molecule has 2 amide bonds. The van der Waals surface area contributed by atoms with Crippen molar-refractivity contribution in [1.82, 2.24) is 15.2 Å². The Bertz CT molecular complexity index is 456. The molecule has 0 unspecified atom stereocenters. The van der Waals surface area contributed by atoms with E-state index in [9.17, 15) is 13.2 Å². The second-order valence-corrected chi connectivity index (χ2v) is 4.93. The van der Waals surface area contributed by atoms with Gasteiger partial charge in [-0.25, -0.2) is 13.2 Å². The van der Waals surface area contributed by atoms with Gasteiger partial charge in [-0.3, -0.25) is 5.43 Å². The highest BCUT2D eigenvalue weighted by molar-refractivity contribution is 7.89. The maximum absolute atomic E-state index is 11.6. The van der Waals surface area contributed by atoms with Gasteiger partial charge in [0.1, 0.15) is 0 Å². The number of hydrazine groups is 1. The summed E-state index contributed by atoms with van der Waals surface area (Å²) in [5, 5.41) is 0. The van der Waals surface area contributed by atoms with Crippen molar-refractivity contribution < 1.29 is 13.2 Å². The number of amides is 2. The molecule has 0 fully saturated rings. The summed E-state index contributed by atoms with van der Waals surface area (Å²) in [5.41, 5.74) is 2.07. The van der Waals surface area contributed by atoms with E-state index in [1.54, 1.807) is 18.2 Å². The first-order valence-corrected chi connectivity index (χ1v) is 5.96. The fraction of sp³-hybridized carbons (Fsp3) is 0.222. The average Bonchev–Trinajstić information content (AvgIpc) is 2.27. The molecular formula is C9H13N3O3S. The third-order valence-electron chi connectivity index (χ3n) is 1.75. The van der Waals surface area contributed by atoms with Crippen LogP contribution in [0, 0.1) is 0 Å². The SMILES string of the molecule is CN(C)C(=O)NNS(=O)(=O)c1ccccc1. The van der Waals surface area contributed by atoms with Crippen LogP contribution < -0.4 is 10.3 Å². The first kappa shape index (κ1) is 12.5. The number of urea groups is 1. The average molecular weight is 243 g/mol. The van der Waals surface area contributed by atoms with Crippen LogP contribution in [0.2, 0.25) is 0 Å². The number of nitrogens with zero attached hydrogens (tertiary/aromatic N) is 1. The molecule has 0 saturated heterocycles. The summed E-state index contributed by atoms with van der Waals surface area (Å²) in [6.45, 7) is 0. The summed E-state index contributed by atoms with van der Waals surface area (Å²) in [6, 6.07) is 7.23. The molecule has 16 heavy (non-hydrogen) atoms. The van der Waals surface area contributed by atoms with Crippen molar-refractivity contribution in [2.75, 3.05) is 14.1 Å². The topological polar surface area (TPSA) is 78.5 Å². The highest BCUT2D eigenvalue weighted by Crippen LogP contribution is 2.05. The van der Waals surface area contributed by atoms with Gasteiger partial charge in [-0.05, 0) is 12.1 Å². The van der Waals surface area contributed by atoms with Crippen LogP contribution in [-0.4, -0.2) is 33.4 Å². The minimum atomic E-state index is -3.70. The predicted molar refractivity (Wildman–Crippen MR) is 59.0 cm³/mol. The Morgan fingerprint density at radius 1 is 1.19 bits per heavy atom. The molecule has 6 nitrogen and oxygen atoms in total. The van der Waals surface area contributed by atoms with Crippen LogP contribution in [0.1, 0.15) is 0 Å². The van der Waals surface area contributed by atoms with Crippen molar-refractivity contribution >= 4 is 16.1 Å². The summed E-state index contributed by atoms with van der Waals surface area (Å²) < 4.78 is 23.2. The van der Waals surface area contributed by atoms with Crippen molar-refractivity contribution in [3.63, 3.8) is 0 Å². The monoisotopic (exact) mass is 243 g/mol. The minimum Gasteiger partial charge on any atom is -0.330 e. The quantitative estimate of drug-likeness (QED) is 0.742. The maximum atomic E-state index is 11.6. The fourth-order valence-corrected chi connectivity index (χ4v) is 1.74. The van der Waals surface area contributed by atoms with Crippen LogP contribution in [0.4, 0.5) is 4.79 Å². The van der Waals surface area contributed by atoms with Crippen molar-refractivity contribution in [3.05, 3.63) is 30.3 Å². The number of benzene rings is 1. The molecule has 88 valence electrons. The zero-order valence-corrected chi connectivity index (χ0v) is 9.78. The summed E-state index contributed by atoms with van der Waals surface area (Å²) in [5.74, 6) is 0. The molecule has 0 bridgehead atoms. The van der Waals surface area contributed by atoms with E-state index >= 15 is 0 Å². The lowest BCUT2D eigenvalue weighted by molar-refractivity contribution is 0.215. The van der Waals surface area contributed by atoms with E-state index < -0.39 is 16.1 Å². The third kappa shape index (κ3) is 3.21. The summed E-state index contributed by atoms with van der Waals surface area (Å²) in [7, 11) is -0.685. The van der Waals surface area contributed by atoms with E-state index in [-0.39, 0.29) is 4.90 Å². The molecule has 1 aromatic rings. The molecule has 2 N–H and O–H groups in total. The molecule has 0 aliphatic rings. The maximum Gasteiger partial charge on any atom is 0.332 e. The van der Waals surface area contributed by atoms with E-state index in [1.807, 2.05) is 4.83 Å². The fourth-order valence-electron chi connectivity index (χ4n) is 0.881. The van der Waals surface area contributed by atoms with Gasteiger partial charge >= 0.3 is 6.03 Å². The number of hydrogen-bond donors (Lipinski definition) is 2. The first-order chi connectivity index (χ1) is 7.43. The molecule has 1 rings (SSSR count). The van der Waals surface area contributed by atoms with Crippen LogP contribution in [0.25, 0.3) is 0 Å². The van der Waals surface area contributed by atoms with Gasteiger partial charge in [0.05, 0.1) is 4.90 Å². The largest absolute Gasteiger partial charge is 0.332 e. The second-order valence-electron chi connectivity index (χ2n) is 3.24. The van der Waals surface area contributed by atoms with E-state index in [0.717, 1.165) is 0 Å². The summed E-state index contributed by atoms with van der Waals surface area (Å²) in [4.78, 5) is 14.4. The summed E-state index contributed by atoms with van der Waals surface area (Å²) >= 11 is 0. The van der Waals surface area contributed by atoms with E-state index in [0.29, 0.717) is 0 Å². The Kier molecular flexibility index (Phi) is 3.86. The number of carbonyl (C=O) groups is 1. The number of rotatable bonds is 3. The van der Waals surface area contributed by atoms with Crippen LogP contribution in [0.15, 0.2) is 35.2 Å². The van der Waals surface area contributed by atoms with Crippen molar-refractivity contribution in [2.24, 2.45) is 0 Å². The molecule has 0 aliphatic carbocycles. The van der Waals surface area contributed by atoms with Crippen LogP contribution in [0.3, 0.4) is 0 Å². The van der Waals surface area contributed by atoms with Gasteiger partial charge in [-0.2, -0.15) is 0 Å². The van der Waals surface area contributed by atoms with Gasteiger partial charge in [0.2, 0.25) is 0 Å². The number of sulfonamides is 1. The van der Waals surface area contributed by atoms with Gasteiger partial charge in [-0.1, -0.05) is 18.2 Å². The molecule has 0 heterocycles. The van der Waals surface area contributed by atoms with Gasteiger partial charge in [0.15, 0.2) is 0 Å². The van der Waals surface area contributed by atoms with Crippen molar-refractivity contribution in [1.29, 1.82) is 0 Å². The normalized spacial score (nSPS) is 10.9. The Balaban J connectivity index is 2.71. The lowest BCUT2D eigenvalue weighted by atomic mass is 10.4. The molecule has 0 spiro atoms. The van der Waals surface area contributed by atoms with Gasteiger partial charge in [-0.15, -0.1) is 4.83 Å². The molecule has 0 radical (unpaired) electrons. The highest BCUT2D eigenvalue weighted by atomic mass is 32.2. The third-order valence-corrected chi connectivity index (χ3v) is 3.02. The number of hydrogen-bond acceptors (Lipinski definition) is 3. The highest BCUT2D eigenvalue weighted by Gasteiger charge is 2.14. The van der Waals surface area contributed by atoms with Gasteiger partial charge in [0, 0.05) is 14.1 Å². The van der Waals surface area contributed by atoms with E-state index in [2.05, 4.69) is 5.43 Å². The molecular weight excluding hydrogens is 230 g/mol. The molecule has 1 aromatic carbocycles. The lowest BCUT2D eigenvalue weighted by Crippen LogP contribution is -2.46. The van der Waals surface area contributed by atoms with Gasteiger partial charge in [0.25, 0.3) is 10.0 Å². The Hall–Kier alpha value is -1.60. The number of carbonyl (C=O) groups excluding carboxylic acids is 1. The van der Waals surface area contributed by atoms with Crippen LogP contribution in [0.5, 0.6) is 0 Å². The van der Waals surface area contributed by atoms with Crippen LogP contribution in [-0.2, 0) is 10.0 Å². The first-order valence-electron chi connectivity index (χ1n) is 4.47. The summed E-state index contributed by atoms with van der Waals surface area (Å²) in [6.07, 6.45) is 0. The van der Waals surface area contributed by atoms with Crippen molar-refractivity contribution in [2.45, 2.75) is 4.90 Å². The number of nitrogens with one attached hydrogen (secondary N) is 2. The smallest absolute Gasteiger partial charge is 0.330 e. The van der Waals surface area contributed by atoms with E-state index in [1.165, 1.54) is 31.1 Å². The molecule has 0 saturated carbocycles. The van der Waals surface area contributed by atoms with E-state index in [4.69, 9.17) is 0 Å². The van der Waals surface area contributed by atoms with Crippen LogP contribution >= 0.6 is 0 Å². The molecule has 7 heteroatoms. The Morgan fingerprint density at radius 2 is 1.75 bits per heavy atom. The lowest BCUT2D eigenvalue weighted by Gasteiger charge is -2.12. The zero-order chi connectivity index (χ0) is 12.2. The molecule has 0 aliphatic heterocycles. The Morgan fingerprint density at radius 3 is 2.25 bits per heavy atom. The molecule has 0 atom stereocenters. The van der Waals surface area contributed by atoms with Gasteiger partial charge < -0.3 is 4.90 Å². The second kappa shape index (κ2) is 4.95. The predicted octanol–water partition coefficient (Wildman–Crippen LogP) is 0.151. The zero-order valence-electron chi connectivity index (χ0n) is 8.97. The van der Waals surface area contributed by atoms with Crippen molar-refractivity contribution in [3.8, 4) is 0 Å². The Labute approximate surface area is 94.3 Å². The standard InChI is InChI=1S/C9H13N3O3S/c1-12(2)9(13)10-11-16(14,15)8-6-4-3-5-7-8/h3-7,11H,1-2H3,(H,10,13). The minimum absolute atomic E-state index is 0.0917.